The standard InChI is InChI=1S/C23H17F3N2O2/c1-29-18-10-14(9-16(12-18)15-3-2-4-17(24)11-15)13-28-23-19(25)5-6-20(22(23)26)30-21-7-8-27-21/h2-12,28H,13H2,1H3. The Morgan fingerprint density at radius 3 is 2.50 bits per heavy atom. The van der Waals surface area contributed by atoms with Gasteiger partial charge in [-0.2, -0.15) is 0 Å². The Balaban J connectivity index is 1.59. The molecule has 0 atom stereocenters. The first-order chi connectivity index (χ1) is 14.5. The SMILES string of the molecule is COc1cc(CNc2c(F)ccc(OC3=NC=C3)c2F)cc(-c2cccc(F)c2)c1. The minimum Gasteiger partial charge on any atom is -0.497 e. The number of hydrogen-bond acceptors (Lipinski definition) is 4. The van der Waals surface area contributed by atoms with E-state index in [1.807, 2.05) is 0 Å². The number of nitrogens with zero attached hydrogens (tertiary/aromatic N) is 1. The maximum absolute atomic E-state index is 14.7. The highest BCUT2D eigenvalue weighted by Crippen LogP contribution is 2.30. The predicted molar refractivity (Wildman–Crippen MR) is 109 cm³/mol. The average molecular weight is 410 g/mol. The average Bonchev–Trinajstić information content (AvgIpc) is 2.71. The highest BCUT2D eigenvalue weighted by atomic mass is 19.1. The van der Waals surface area contributed by atoms with Crippen LogP contribution in [0, 0.1) is 17.5 Å². The highest BCUT2D eigenvalue weighted by Gasteiger charge is 2.17. The van der Waals surface area contributed by atoms with E-state index in [4.69, 9.17) is 9.47 Å². The van der Waals surface area contributed by atoms with Gasteiger partial charge in [0.15, 0.2) is 11.6 Å². The summed E-state index contributed by atoms with van der Waals surface area (Å²) in [5.41, 5.74) is 1.77. The van der Waals surface area contributed by atoms with Crippen LogP contribution in [-0.4, -0.2) is 13.0 Å². The van der Waals surface area contributed by atoms with Crippen molar-refractivity contribution >= 4 is 11.6 Å². The zero-order valence-corrected chi connectivity index (χ0v) is 16.0. The molecule has 0 saturated heterocycles. The second kappa shape index (κ2) is 8.32. The van der Waals surface area contributed by atoms with Crippen LogP contribution < -0.4 is 14.8 Å². The molecule has 0 spiro atoms. The Bertz CT molecular complexity index is 1160. The lowest BCUT2D eigenvalue weighted by atomic mass is 10.0. The van der Waals surface area contributed by atoms with Crippen LogP contribution in [0.25, 0.3) is 11.1 Å². The van der Waals surface area contributed by atoms with Crippen molar-refractivity contribution in [1.82, 2.24) is 0 Å². The molecule has 1 aliphatic heterocycles. The molecule has 0 unspecified atom stereocenters. The molecule has 0 bridgehead atoms. The first-order valence-corrected chi connectivity index (χ1v) is 9.11. The molecule has 0 saturated carbocycles. The maximum Gasteiger partial charge on any atom is 0.220 e. The van der Waals surface area contributed by atoms with Crippen LogP contribution in [0.5, 0.6) is 11.5 Å². The minimum atomic E-state index is -0.855. The summed E-state index contributed by atoms with van der Waals surface area (Å²) in [4.78, 5) is 3.81. The van der Waals surface area contributed by atoms with E-state index >= 15 is 0 Å². The van der Waals surface area contributed by atoms with Crippen LogP contribution in [0.4, 0.5) is 18.9 Å². The number of rotatable bonds is 6. The van der Waals surface area contributed by atoms with Crippen LogP contribution in [0.3, 0.4) is 0 Å². The van der Waals surface area contributed by atoms with E-state index in [2.05, 4.69) is 10.3 Å². The third-order valence-electron chi connectivity index (χ3n) is 4.52. The molecule has 3 aromatic rings. The largest absolute Gasteiger partial charge is 0.497 e. The zero-order valence-electron chi connectivity index (χ0n) is 16.0. The number of halogens is 3. The van der Waals surface area contributed by atoms with Crippen molar-refractivity contribution in [2.45, 2.75) is 6.54 Å². The minimum absolute atomic E-state index is 0.109. The van der Waals surface area contributed by atoms with Crippen molar-refractivity contribution in [3.8, 4) is 22.6 Å². The van der Waals surface area contributed by atoms with Gasteiger partial charge in [0, 0.05) is 18.8 Å². The lowest BCUT2D eigenvalue weighted by Gasteiger charge is -2.15. The Morgan fingerprint density at radius 1 is 0.967 bits per heavy atom. The molecule has 0 radical (unpaired) electrons. The van der Waals surface area contributed by atoms with Crippen molar-refractivity contribution in [2.24, 2.45) is 4.99 Å². The van der Waals surface area contributed by atoms with E-state index in [0.717, 1.165) is 11.6 Å². The second-order valence-corrected chi connectivity index (χ2v) is 6.55. The van der Waals surface area contributed by atoms with Crippen molar-refractivity contribution in [3.63, 3.8) is 0 Å². The van der Waals surface area contributed by atoms with Gasteiger partial charge in [0.05, 0.1) is 7.11 Å². The van der Waals surface area contributed by atoms with E-state index < -0.39 is 11.6 Å². The van der Waals surface area contributed by atoms with Gasteiger partial charge in [-0.05, 0) is 59.2 Å². The molecule has 1 N–H and O–H groups in total. The van der Waals surface area contributed by atoms with E-state index in [-0.39, 0.29) is 29.7 Å². The van der Waals surface area contributed by atoms with Gasteiger partial charge < -0.3 is 14.8 Å². The summed E-state index contributed by atoms with van der Waals surface area (Å²) in [6, 6.07) is 13.8. The van der Waals surface area contributed by atoms with E-state index in [9.17, 15) is 13.2 Å². The third kappa shape index (κ3) is 4.15. The lowest BCUT2D eigenvalue weighted by molar-refractivity contribution is 0.414. The highest BCUT2D eigenvalue weighted by molar-refractivity contribution is 5.94. The van der Waals surface area contributed by atoms with Gasteiger partial charge in [-0.1, -0.05) is 12.1 Å². The first-order valence-electron chi connectivity index (χ1n) is 9.11. The molecule has 0 aromatic heterocycles. The molecule has 1 heterocycles. The van der Waals surface area contributed by atoms with Crippen LogP contribution in [0.15, 0.2) is 71.9 Å². The van der Waals surface area contributed by atoms with Crippen LogP contribution in [-0.2, 0) is 6.54 Å². The maximum atomic E-state index is 14.7. The summed E-state index contributed by atoms with van der Waals surface area (Å²) in [6.07, 6.45) is 3.08. The van der Waals surface area contributed by atoms with Gasteiger partial charge in [0.2, 0.25) is 5.90 Å². The summed E-state index contributed by atoms with van der Waals surface area (Å²) in [7, 11) is 1.51. The zero-order chi connectivity index (χ0) is 21.1. The van der Waals surface area contributed by atoms with Gasteiger partial charge in [0.25, 0.3) is 0 Å². The van der Waals surface area contributed by atoms with Crippen LogP contribution in [0.1, 0.15) is 5.56 Å². The normalized spacial score (nSPS) is 12.2. The summed E-state index contributed by atoms with van der Waals surface area (Å²) < 4.78 is 53.1. The quantitative estimate of drug-likeness (QED) is 0.567. The number of benzene rings is 3. The Labute approximate surface area is 171 Å². The number of anilines is 1. The topological polar surface area (TPSA) is 42.8 Å². The number of methoxy groups -OCH3 is 1. The fraction of sp³-hybridized carbons (Fsp3) is 0.0870. The lowest BCUT2D eigenvalue weighted by Crippen LogP contribution is -2.12. The second-order valence-electron chi connectivity index (χ2n) is 6.55. The number of aliphatic imine (C=N–C) groups is 1. The van der Waals surface area contributed by atoms with Gasteiger partial charge in [-0.3, -0.25) is 0 Å². The van der Waals surface area contributed by atoms with Crippen molar-refractivity contribution in [3.05, 3.63) is 89.9 Å². The van der Waals surface area contributed by atoms with Gasteiger partial charge in [-0.15, -0.1) is 0 Å². The van der Waals surface area contributed by atoms with Crippen LogP contribution >= 0.6 is 0 Å². The molecular weight excluding hydrogens is 393 g/mol. The molecule has 7 heteroatoms. The molecule has 152 valence electrons. The van der Waals surface area contributed by atoms with Gasteiger partial charge >= 0.3 is 0 Å². The van der Waals surface area contributed by atoms with Crippen molar-refractivity contribution in [2.75, 3.05) is 12.4 Å². The van der Waals surface area contributed by atoms with Crippen molar-refractivity contribution < 1.29 is 22.6 Å². The van der Waals surface area contributed by atoms with Gasteiger partial charge in [0.1, 0.15) is 23.1 Å². The summed E-state index contributed by atoms with van der Waals surface area (Å²) in [5.74, 6) is -1.30. The van der Waals surface area contributed by atoms with Crippen LogP contribution in [0.2, 0.25) is 0 Å². The first kappa shape index (κ1) is 19.6. The van der Waals surface area contributed by atoms with Crippen molar-refractivity contribution in [1.29, 1.82) is 0 Å². The molecule has 30 heavy (non-hydrogen) atoms. The molecule has 0 aliphatic carbocycles. The fourth-order valence-corrected chi connectivity index (χ4v) is 2.99. The van der Waals surface area contributed by atoms with E-state index in [1.54, 1.807) is 36.4 Å². The summed E-state index contributed by atoms with van der Waals surface area (Å²) >= 11 is 0. The Kier molecular flexibility index (Phi) is 5.43. The number of ether oxygens (including phenoxy) is 2. The molecule has 1 aliphatic rings. The van der Waals surface area contributed by atoms with Gasteiger partial charge in [-0.25, -0.2) is 18.2 Å². The fourth-order valence-electron chi connectivity index (χ4n) is 2.99. The monoisotopic (exact) mass is 410 g/mol. The Morgan fingerprint density at radius 2 is 1.80 bits per heavy atom. The molecular formula is C23H17F3N2O2. The number of nitrogens with one attached hydrogen (secondary N) is 1. The van der Waals surface area contributed by atoms with E-state index in [0.29, 0.717) is 16.9 Å². The summed E-state index contributed by atoms with van der Waals surface area (Å²) in [6.45, 7) is 0.109. The molecule has 0 amide bonds. The smallest absolute Gasteiger partial charge is 0.220 e. The Hall–Kier alpha value is -3.74. The molecule has 4 rings (SSSR count). The predicted octanol–water partition coefficient (Wildman–Crippen LogP) is 5.70. The third-order valence-corrected chi connectivity index (χ3v) is 4.52. The molecule has 0 fully saturated rings. The molecule has 3 aromatic carbocycles. The molecule has 4 nitrogen and oxygen atoms in total. The number of hydrogen-bond donors (Lipinski definition) is 1. The van der Waals surface area contributed by atoms with E-state index in [1.165, 1.54) is 31.5 Å². The summed E-state index contributed by atoms with van der Waals surface area (Å²) in [5, 5.41) is 2.77.